The van der Waals surface area contributed by atoms with Gasteiger partial charge in [0.15, 0.2) is 0 Å². The number of benzene rings is 2. The second-order valence-corrected chi connectivity index (χ2v) is 8.64. The Hall–Kier alpha value is -2.82. The molecule has 166 valence electrons. The van der Waals surface area contributed by atoms with E-state index in [0.717, 1.165) is 11.6 Å². The maximum atomic E-state index is 12.0. The lowest BCUT2D eigenvalue weighted by Gasteiger charge is -2.20. The van der Waals surface area contributed by atoms with Crippen LogP contribution in [0.4, 0.5) is 5.69 Å². The molecular formula is C18H20ClN4O7P. The van der Waals surface area contributed by atoms with Gasteiger partial charge in [0.1, 0.15) is 0 Å². The zero-order valence-corrected chi connectivity index (χ0v) is 17.9. The second-order valence-electron chi connectivity index (χ2n) is 6.84. The number of nitro groups is 1. The first-order chi connectivity index (χ1) is 14.1. The Kier molecular flexibility index (Phi) is 7.53. The summed E-state index contributed by atoms with van der Waals surface area (Å²) in [6.45, 7) is 1.70. The number of hydrogen-bond acceptors (Lipinski definition) is 6. The minimum absolute atomic E-state index is 0. The van der Waals surface area contributed by atoms with E-state index >= 15 is 0 Å². The number of aromatic amines is 2. The maximum absolute atomic E-state index is 12.0. The van der Waals surface area contributed by atoms with E-state index in [1.807, 2.05) is 6.92 Å². The van der Waals surface area contributed by atoms with Crippen molar-refractivity contribution in [1.29, 1.82) is 0 Å². The molecule has 0 fully saturated rings. The van der Waals surface area contributed by atoms with Crippen LogP contribution in [0.25, 0.3) is 11.0 Å². The standard InChI is InChI=1S/C18H19N4O7P.ClH/c1-10-2-4-11(5-3-10)15(30(27,28)29)9-19-8-12-6-13(22(25)26)7-14-16(12)21-18(24)17(23)20-14;/h2-7,15,19H,8-9H2,1H3,(H,20,23)(H,21,24)(H2,27,28,29);1H. The number of rotatable bonds is 7. The minimum Gasteiger partial charge on any atom is -0.324 e. The van der Waals surface area contributed by atoms with Crippen molar-refractivity contribution < 1.29 is 19.3 Å². The highest BCUT2D eigenvalue weighted by molar-refractivity contribution is 7.52. The molecule has 11 nitrogen and oxygen atoms in total. The van der Waals surface area contributed by atoms with Gasteiger partial charge < -0.3 is 25.1 Å². The highest BCUT2D eigenvalue weighted by Gasteiger charge is 2.30. The summed E-state index contributed by atoms with van der Waals surface area (Å²) in [5.41, 5.74) is -1.32. The lowest BCUT2D eigenvalue weighted by molar-refractivity contribution is -0.384. The predicted octanol–water partition coefficient (Wildman–Crippen LogP) is 1.86. The lowest BCUT2D eigenvalue weighted by atomic mass is 10.1. The Morgan fingerprint density at radius 3 is 2.32 bits per heavy atom. The lowest BCUT2D eigenvalue weighted by Crippen LogP contribution is -2.29. The van der Waals surface area contributed by atoms with E-state index in [9.17, 15) is 34.1 Å². The third-order valence-electron chi connectivity index (χ3n) is 4.63. The summed E-state index contributed by atoms with van der Waals surface area (Å²) in [5.74, 6) is 0. The number of non-ortho nitro benzene ring substituents is 1. The SMILES string of the molecule is Cc1ccc(C(CNCc2cc([N+](=O)[O-])cc3[nH]c(=O)c(=O)[nH]c23)P(=O)(O)O)cc1.Cl. The van der Waals surface area contributed by atoms with E-state index in [1.165, 1.54) is 6.07 Å². The number of nitrogens with one attached hydrogen (secondary N) is 3. The van der Waals surface area contributed by atoms with Gasteiger partial charge in [-0.3, -0.25) is 24.3 Å². The van der Waals surface area contributed by atoms with E-state index < -0.39 is 29.3 Å². The number of halogens is 1. The molecule has 3 aromatic rings. The van der Waals surface area contributed by atoms with Crippen molar-refractivity contribution in [3.63, 3.8) is 0 Å². The summed E-state index contributed by atoms with van der Waals surface area (Å²) < 4.78 is 12.0. The molecule has 0 aliphatic heterocycles. The van der Waals surface area contributed by atoms with Crippen LogP contribution in [0.15, 0.2) is 46.0 Å². The first-order valence-electron chi connectivity index (χ1n) is 8.82. The molecule has 0 radical (unpaired) electrons. The quantitative estimate of drug-likeness (QED) is 0.150. The molecule has 0 saturated heterocycles. The van der Waals surface area contributed by atoms with Gasteiger partial charge in [-0.05, 0) is 18.1 Å². The Labute approximate surface area is 181 Å². The summed E-state index contributed by atoms with van der Waals surface area (Å²) in [6, 6.07) is 9.10. The molecule has 3 rings (SSSR count). The number of aromatic nitrogens is 2. The Bertz CT molecular complexity index is 1270. The van der Waals surface area contributed by atoms with Crippen LogP contribution in [-0.2, 0) is 11.1 Å². The second kappa shape index (κ2) is 9.54. The maximum Gasteiger partial charge on any atom is 0.334 e. The highest BCUT2D eigenvalue weighted by atomic mass is 35.5. The van der Waals surface area contributed by atoms with Crippen molar-refractivity contribution in [2.45, 2.75) is 19.1 Å². The predicted molar refractivity (Wildman–Crippen MR) is 117 cm³/mol. The average Bonchev–Trinajstić information content (AvgIpc) is 2.66. The number of nitro benzene ring substituents is 1. The summed E-state index contributed by atoms with van der Waals surface area (Å²) >= 11 is 0. The van der Waals surface area contributed by atoms with Crippen molar-refractivity contribution in [2.75, 3.05) is 6.54 Å². The third-order valence-corrected chi connectivity index (χ3v) is 5.92. The summed E-state index contributed by atoms with van der Waals surface area (Å²) in [6.07, 6.45) is 0. The molecule has 0 aliphatic carbocycles. The molecule has 13 heteroatoms. The molecule has 0 bridgehead atoms. The highest BCUT2D eigenvalue weighted by Crippen LogP contribution is 2.51. The molecule has 0 amide bonds. The molecule has 1 heterocycles. The van der Waals surface area contributed by atoms with Crippen LogP contribution in [0, 0.1) is 17.0 Å². The fourth-order valence-corrected chi connectivity index (χ4v) is 4.02. The van der Waals surface area contributed by atoms with Crippen molar-refractivity contribution in [1.82, 2.24) is 15.3 Å². The van der Waals surface area contributed by atoms with Gasteiger partial charge in [0.2, 0.25) is 0 Å². The van der Waals surface area contributed by atoms with E-state index in [1.54, 1.807) is 24.3 Å². The van der Waals surface area contributed by atoms with E-state index in [2.05, 4.69) is 15.3 Å². The number of H-pyrrole nitrogens is 2. The fourth-order valence-electron chi connectivity index (χ4n) is 3.09. The molecule has 5 N–H and O–H groups in total. The monoisotopic (exact) mass is 470 g/mol. The van der Waals surface area contributed by atoms with E-state index in [4.69, 9.17) is 0 Å². The van der Waals surface area contributed by atoms with Crippen LogP contribution in [0.5, 0.6) is 0 Å². The Morgan fingerprint density at radius 2 is 1.74 bits per heavy atom. The van der Waals surface area contributed by atoms with Gasteiger partial charge in [0.05, 0.1) is 21.6 Å². The van der Waals surface area contributed by atoms with Crippen LogP contribution < -0.4 is 16.4 Å². The van der Waals surface area contributed by atoms with Crippen molar-refractivity contribution in [3.05, 3.63) is 83.9 Å². The molecular weight excluding hydrogens is 451 g/mol. The minimum atomic E-state index is -4.50. The molecule has 1 atom stereocenters. The molecule has 1 aromatic heterocycles. The molecule has 0 aliphatic rings. The van der Waals surface area contributed by atoms with Gasteiger partial charge in [0.25, 0.3) is 5.69 Å². The first kappa shape index (κ1) is 24.4. The zero-order chi connectivity index (χ0) is 22.1. The van der Waals surface area contributed by atoms with Gasteiger partial charge in [-0.1, -0.05) is 29.8 Å². The molecule has 31 heavy (non-hydrogen) atoms. The molecule has 2 aromatic carbocycles. The fraction of sp³-hybridized carbons (Fsp3) is 0.222. The van der Waals surface area contributed by atoms with Gasteiger partial charge in [0, 0.05) is 25.2 Å². The summed E-state index contributed by atoms with van der Waals surface area (Å²) in [7, 11) is -4.50. The third kappa shape index (κ3) is 5.66. The first-order valence-corrected chi connectivity index (χ1v) is 10.5. The van der Waals surface area contributed by atoms with Crippen LogP contribution in [-0.4, -0.2) is 31.2 Å². The number of hydrogen-bond donors (Lipinski definition) is 5. The van der Waals surface area contributed by atoms with Crippen LogP contribution >= 0.6 is 20.0 Å². The largest absolute Gasteiger partial charge is 0.334 e. The van der Waals surface area contributed by atoms with E-state index in [-0.39, 0.29) is 42.2 Å². The van der Waals surface area contributed by atoms with Crippen LogP contribution in [0.3, 0.4) is 0 Å². The molecule has 0 spiro atoms. The number of nitrogens with zero attached hydrogens (tertiary/aromatic N) is 1. The molecule has 0 saturated carbocycles. The smallest absolute Gasteiger partial charge is 0.324 e. The van der Waals surface area contributed by atoms with Gasteiger partial charge >= 0.3 is 18.7 Å². The van der Waals surface area contributed by atoms with Gasteiger partial charge in [-0.2, -0.15) is 0 Å². The zero-order valence-electron chi connectivity index (χ0n) is 16.2. The Balaban J connectivity index is 0.00000341. The number of fused-ring (bicyclic) bond motifs is 1. The number of aryl methyl sites for hydroxylation is 1. The average molecular weight is 471 g/mol. The summed E-state index contributed by atoms with van der Waals surface area (Å²) in [4.78, 5) is 57.9. The van der Waals surface area contributed by atoms with Gasteiger partial charge in [-0.25, -0.2) is 0 Å². The van der Waals surface area contributed by atoms with Crippen LogP contribution in [0.1, 0.15) is 22.3 Å². The molecule has 1 unspecified atom stereocenters. The topological polar surface area (TPSA) is 178 Å². The van der Waals surface area contributed by atoms with Gasteiger partial charge in [-0.15, -0.1) is 12.4 Å². The summed E-state index contributed by atoms with van der Waals surface area (Å²) in [5, 5.41) is 14.1. The van der Waals surface area contributed by atoms with Crippen molar-refractivity contribution in [2.24, 2.45) is 0 Å². The van der Waals surface area contributed by atoms with Crippen molar-refractivity contribution >= 4 is 36.7 Å². The Morgan fingerprint density at radius 1 is 1.13 bits per heavy atom. The van der Waals surface area contributed by atoms with Crippen molar-refractivity contribution in [3.8, 4) is 0 Å². The normalized spacial score (nSPS) is 12.4. The van der Waals surface area contributed by atoms with E-state index in [0.29, 0.717) is 11.1 Å². The van der Waals surface area contributed by atoms with Crippen LogP contribution in [0.2, 0.25) is 0 Å².